The van der Waals surface area contributed by atoms with Crippen molar-refractivity contribution in [2.45, 2.75) is 51.0 Å². The van der Waals surface area contributed by atoms with Crippen LogP contribution in [0.1, 0.15) is 30.5 Å². The van der Waals surface area contributed by atoms with Crippen LogP contribution in [-0.2, 0) is 47.5 Å². The van der Waals surface area contributed by atoms with E-state index < -0.39 is 37.4 Å². The zero-order chi connectivity index (χ0) is 28.2. The third-order valence-electron chi connectivity index (χ3n) is 6.79. The highest BCUT2D eigenvalue weighted by Crippen LogP contribution is 2.49. The Labute approximate surface area is 227 Å². The Bertz CT molecular complexity index is 1410. The molecule has 0 spiro atoms. The van der Waals surface area contributed by atoms with Gasteiger partial charge in [0.2, 0.25) is 11.8 Å². The van der Waals surface area contributed by atoms with Gasteiger partial charge in [0.1, 0.15) is 11.8 Å². The molecule has 206 valence electrons. The van der Waals surface area contributed by atoms with Crippen LogP contribution in [0.4, 0.5) is 0 Å². The normalized spacial score (nSPS) is 20.3. The lowest BCUT2D eigenvalue weighted by Gasteiger charge is -2.30. The summed E-state index contributed by atoms with van der Waals surface area (Å²) in [5, 5.41) is 7.17. The van der Waals surface area contributed by atoms with Crippen LogP contribution in [0.25, 0.3) is 10.8 Å². The van der Waals surface area contributed by atoms with E-state index in [0.717, 1.165) is 16.3 Å². The van der Waals surface area contributed by atoms with Crippen LogP contribution in [-0.4, -0.2) is 47.7 Å². The van der Waals surface area contributed by atoms with E-state index in [0.29, 0.717) is 11.1 Å². The van der Waals surface area contributed by atoms with Crippen molar-refractivity contribution in [3.63, 3.8) is 0 Å². The number of fused-ring (bicyclic) bond motifs is 1. The van der Waals surface area contributed by atoms with Gasteiger partial charge in [-0.05, 0) is 33.4 Å². The molecule has 0 saturated heterocycles. The largest absolute Gasteiger partial charge is 0.467 e. The van der Waals surface area contributed by atoms with Crippen molar-refractivity contribution in [2.24, 2.45) is 5.92 Å². The van der Waals surface area contributed by atoms with Crippen molar-refractivity contribution in [2.75, 3.05) is 7.11 Å². The van der Waals surface area contributed by atoms with Crippen LogP contribution < -0.4 is 10.6 Å². The number of hydrogen-bond acceptors (Lipinski definition) is 6. The molecule has 4 rings (SSSR count). The number of carbonyl (C=O) groups excluding carboxylic acids is 3. The molecule has 0 aromatic heterocycles. The maximum Gasteiger partial charge on any atom is 0.351 e. The molecule has 3 aromatic rings. The average Bonchev–Trinajstić information content (AvgIpc) is 2.90. The van der Waals surface area contributed by atoms with Gasteiger partial charge in [0, 0.05) is 12.8 Å². The first-order chi connectivity index (χ1) is 18.6. The smallest absolute Gasteiger partial charge is 0.351 e. The van der Waals surface area contributed by atoms with Crippen LogP contribution in [0, 0.1) is 5.92 Å². The molecule has 3 N–H and O–H groups in total. The summed E-state index contributed by atoms with van der Waals surface area (Å²) in [6.07, 6.45) is -1.33. The second-order valence-corrected chi connectivity index (χ2v) is 12.0. The predicted octanol–water partition coefficient (Wildman–Crippen LogP) is 3.51. The van der Waals surface area contributed by atoms with E-state index >= 15 is 0 Å². The van der Waals surface area contributed by atoms with Gasteiger partial charge in [-0.15, -0.1) is 0 Å². The number of carbonyl (C=O) groups is 3. The minimum Gasteiger partial charge on any atom is -0.467 e. The summed E-state index contributed by atoms with van der Waals surface area (Å²) in [5.74, 6) is -3.46. The van der Waals surface area contributed by atoms with Crippen molar-refractivity contribution >= 4 is 36.2 Å². The molecule has 0 radical (unpaired) electrons. The average molecular weight is 553 g/mol. The Kier molecular flexibility index (Phi) is 8.85. The lowest BCUT2D eigenvalue weighted by atomic mass is 9.97. The number of amides is 2. The summed E-state index contributed by atoms with van der Waals surface area (Å²) in [6, 6.07) is 19.1. The van der Waals surface area contributed by atoms with E-state index in [1.807, 2.05) is 36.4 Å². The number of esters is 1. The van der Waals surface area contributed by atoms with Crippen LogP contribution >= 0.6 is 7.60 Å². The molecule has 1 unspecified atom stereocenters. The highest BCUT2D eigenvalue weighted by Gasteiger charge is 2.40. The number of rotatable bonds is 7. The number of benzene rings is 3. The van der Waals surface area contributed by atoms with Crippen LogP contribution in [0.3, 0.4) is 0 Å². The molecule has 1 aliphatic heterocycles. The van der Waals surface area contributed by atoms with E-state index in [9.17, 15) is 23.8 Å². The maximum absolute atomic E-state index is 13.8. The first-order valence-electron chi connectivity index (χ1n) is 12.8. The minimum atomic E-state index is -4.68. The van der Waals surface area contributed by atoms with Crippen molar-refractivity contribution < 1.29 is 33.1 Å². The summed E-state index contributed by atoms with van der Waals surface area (Å²) < 4.78 is 24.2. The van der Waals surface area contributed by atoms with Gasteiger partial charge in [-0.2, -0.15) is 0 Å². The molecule has 1 aliphatic rings. The topological polar surface area (TPSA) is 131 Å². The second-order valence-electron chi connectivity index (χ2n) is 10.0. The van der Waals surface area contributed by atoms with Gasteiger partial charge in [-0.1, -0.05) is 80.6 Å². The number of ether oxygens (including phenoxy) is 1. The first kappa shape index (κ1) is 28.5. The van der Waals surface area contributed by atoms with Crippen LogP contribution in [0.15, 0.2) is 66.7 Å². The first-order valence-corrected chi connectivity index (χ1v) is 14.4. The zero-order valence-electron chi connectivity index (χ0n) is 22.1. The molecule has 0 fully saturated rings. The molecule has 1 heterocycles. The standard InChI is InChI=1S/C29H33N2O7P/c1-18(2)27-28(33)31-26(39(35,36)38-24(29(34)37-3)15-19-8-5-4-6-9-19)16-20-12-13-21-10-7-11-22(23(21)14-20)17-25(32)30-27/h4-14,18,24,26-27H,15-17H2,1-3H3,(H,30,32)(H,31,33)(H,35,36)/t24-,26+,27-/m0/s1. The van der Waals surface area contributed by atoms with Crippen LogP contribution in [0.5, 0.6) is 0 Å². The maximum atomic E-state index is 13.8. The fourth-order valence-corrected chi connectivity index (χ4v) is 6.11. The molecule has 9 nitrogen and oxygen atoms in total. The SMILES string of the molecule is COC(=O)[C@H](Cc1ccccc1)OP(=O)(O)[C@@H]1Cc2ccc3cccc(c3c2)CC(=O)N[C@@H](C(C)C)C(=O)N1. The van der Waals surface area contributed by atoms with Gasteiger partial charge >= 0.3 is 13.6 Å². The molecule has 39 heavy (non-hydrogen) atoms. The summed E-state index contributed by atoms with van der Waals surface area (Å²) >= 11 is 0. The Balaban J connectivity index is 1.73. The van der Waals surface area contributed by atoms with Crippen molar-refractivity contribution in [1.82, 2.24) is 10.6 Å². The lowest BCUT2D eigenvalue weighted by molar-refractivity contribution is -0.149. The van der Waals surface area contributed by atoms with E-state index in [-0.39, 0.29) is 31.1 Å². The number of methoxy groups -OCH3 is 1. The lowest BCUT2D eigenvalue weighted by Crippen LogP contribution is -2.53. The monoisotopic (exact) mass is 552 g/mol. The summed E-state index contributed by atoms with van der Waals surface area (Å²) in [7, 11) is -3.50. The van der Waals surface area contributed by atoms with E-state index in [1.54, 1.807) is 44.2 Å². The zero-order valence-corrected chi connectivity index (χ0v) is 23.0. The fraction of sp³-hybridized carbons (Fsp3) is 0.345. The fourth-order valence-electron chi connectivity index (χ4n) is 4.70. The molecule has 10 heteroatoms. The van der Waals surface area contributed by atoms with Gasteiger partial charge in [0.05, 0.1) is 13.5 Å². The third kappa shape index (κ3) is 6.92. The predicted molar refractivity (Wildman–Crippen MR) is 147 cm³/mol. The number of nitrogens with one attached hydrogen (secondary N) is 2. The van der Waals surface area contributed by atoms with Gasteiger partial charge < -0.3 is 20.3 Å². The highest BCUT2D eigenvalue weighted by molar-refractivity contribution is 7.53. The van der Waals surface area contributed by atoms with E-state index in [4.69, 9.17) is 9.26 Å². The van der Waals surface area contributed by atoms with Gasteiger partial charge in [-0.25, -0.2) is 4.79 Å². The van der Waals surface area contributed by atoms with Crippen molar-refractivity contribution in [1.29, 1.82) is 0 Å². The van der Waals surface area contributed by atoms with Gasteiger partial charge in [0.25, 0.3) is 0 Å². The summed E-state index contributed by atoms with van der Waals surface area (Å²) in [4.78, 5) is 50.1. The molecule has 2 amide bonds. The van der Waals surface area contributed by atoms with Crippen molar-refractivity contribution in [3.8, 4) is 0 Å². The Morgan fingerprint density at radius 2 is 1.79 bits per heavy atom. The van der Waals surface area contributed by atoms with E-state index in [1.165, 1.54) is 7.11 Å². The Morgan fingerprint density at radius 3 is 2.49 bits per heavy atom. The van der Waals surface area contributed by atoms with Crippen molar-refractivity contribution in [3.05, 3.63) is 83.4 Å². The third-order valence-corrected chi connectivity index (χ3v) is 8.45. The second kappa shape index (κ2) is 12.1. The molecule has 3 aromatic carbocycles. The molecule has 0 aliphatic carbocycles. The summed E-state index contributed by atoms with van der Waals surface area (Å²) in [5.41, 5.74) is 2.15. The molecular formula is C29H33N2O7P. The van der Waals surface area contributed by atoms with Crippen LogP contribution in [0.2, 0.25) is 0 Å². The Morgan fingerprint density at radius 1 is 1.05 bits per heavy atom. The molecule has 4 atom stereocenters. The Hall–Kier alpha value is -3.52. The summed E-state index contributed by atoms with van der Waals surface area (Å²) in [6.45, 7) is 3.55. The molecule has 2 bridgehead atoms. The van der Waals surface area contributed by atoms with Gasteiger partial charge in [0.15, 0.2) is 6.10 Å². The minimum absolute atomic E-state index is 0.00272. The van der Waals surface area contributed by atoms with Gasteiger partial charge in [-0.3, -0.25) is 18.7 Å². The molecule has 0 saturated carbocycles. The van der Waals surface area contributed by atoms with E-state index in [2.05, 4.69) is 10.6 Å². The quantitative estimate of drug-likeness (QED) is 0.302. The number of hydrogen-bond donors (Lipinski definition) is 3. The molecular weight excluding hydrogens is 519 g/mol. The highest BCUT2D eigenvalue weighted by atomic mass is 31.2.